The van der Waals surface area contributed by atoms with Gasteiger partial charge in [-0.2, -0.15) is 0 Å². The molecule has 0 saturated carbocycles. The van der Waals surface area contributed by atoms with Crippen LogP contribution in [0.25, 0.3) is 0 Å². The molecular weight excluding hydrogens is 218 g/mol. The summed E-state index contributed by atoms with van der Waals surface area (Å²) in [5.41, 5.74) is 0.574. The first-order valence-electron chi connectivity index (χ1n) is 6.16. The molecular formula is C12H19N3O2. The van der Waals surface area contributed by atoms with Gasteiger partial charge in [0.15, 0.2) is 0 Å². The highest BCUT2D eigenvalue weighted by Gasteiger charge is 2.23. The minimum atomic E-state index is 0.0138. The van der Waals surface area contributed by atoms with Crippen molar-refractivity contribution in [1.82, 2.24) is 15.4 Å². The van der Waals surface area contributed by atoms with E-state index in [9.17, 15) is 4.79 Å². The number of rotatable bonds is 4. The molecule has 0 bridgehead atoms. The average molecular weight is 237 g/mol. The van der Waals surface area contributed by atoms with E-state index in [1.54, 1.807) is 6.92 Å². The van der Waals surface area contributed by atoms with Crippen molar-refractivity contribution in [3.8, 4) is 0 Å². The van der Waals surface area contributed by atoms with Crippen LogP contribution in [0.3, 0.4) is 0 Å². The second-order valence-electron chi connectivity index (χ2n) is 4.43. The smallest absolute Gasteiger partial charge is 0.259 e. The highest BCUT2D eigenvalue weighted by atomic mass is 16.5. The quantitative estimate of drug-likeness (QED) is 0.854. The molecule has 0 radical (unpaired) electrons. The Labute approximate surface area is 101 Å². The zero-order chi connectivity index (χ0) is 12.3. The number of hydrogen-bond donors (Lipinski definition) is 1. The Balaban J connectivity index is 2.02. The number of nitrogens with zero attached hydrogens (tertiary/aromatic N) is 2. The van der Waals surface area contributed by atoms with Gasteiger partial charge in [-0.25, -0.2) is 0 Å². The van der Waals surface area contributed by atoms with Crippen LogP contribution in [0.4, 0.5) is 0 Å². The Morgan fingerprint density at radius 3 is 3.06 bits per heavy atom. The summed E-state index contributed by atoms with van der Waals surface area (Å²) in [5.74, 6) is 0.604. The molecule has 1 saturated heterocycles. The Bertz CT molecular complexity index is 383. The van der Waals surface area contributed by atoms with Crippen molar-refractivity contribution in [3.63, 3.8) is 0 Å². The normalized spacial score (nSPS) is 19.5. The number of carbonyl (C=O) groups is 1. The van der Waals surface area contributed by atoms with E-state index >= 15 is 0 Å². The summed E-state index contributed by atoms with van der Waals surface area (Å²) in [6, 6.07) is 0.430. The fraction of sp³-hybridized carbons (Fsp3) is 0.667. The van der Waals surface area contributed by atoms with Gasteiger partial charge in [0.2, 0.25) is 0 Å². The predicted octanol–water partition coefficient (Wildman–Crippen LogP) is 1.20. The maximum Gasteiger partial charge on any atom is 0.259 e. The van der Waals surface area contributed by atoms with Crippen molar-refractivity contribution < 1.29 is 9.32 Å². The van der Waals surface area contributed by atoms with Crippen LogP contribution in [0.15, 0.2) is 10.7 Å². The summed E-state index contributed by atoms with van der Waals surface area (Å²) in [6.45, 7) is 6.29. The zero-order valence-corrected chi connectivity index (χ0v) is 10.4. The SMILES string of the molecule is CCN(CC1CCCN1)C(=O)c1cnoc1C. The average Bonchev–Trinajstić information content (AvgIpc) is 2.96. The topological polar surface area (TPSA) is 58.4 Å². The lowest BCUT2D eigenvalue weighted by molar-refractivity contribution is 0.0749. The van der Waals surface area contributed by atoms with E-state index in [4.69, 9.17) is 4.52 Å². The van der Waals surface area contributed by atoms with Crippen molar-refractivity contribution in [1.29, 1.82) is 0 Å². The van der Waals surface area contributed by atoms with Gasteiger partial charge in [0.05, 0.1) is 6.20 Å². The van der Waals surface area contributed by atoms with Gasteiger partial charge in [-0.3, -0.25) is 4.79 Å². The molecule has 1 atom stereocenters. The Hall–Kier alpha value is -1.36. The second-order valence-corrected chi connectivity index (χ2v) is 4.43. The minimum absolute atomic E-state index is 0.0138. The van der Waals surface area contributed by atoms with Crippen LogP contribution in [0.2, 0.25) is 0 Å². The summed E-state index contributed by atoms with van der Waals surface area (Å²) in [4.78, 5) is 14.1. The molecule has 1 unspecified atom stereocenters. The lowest BCUT2D eigenvalue weighted by atomic mass is 10.2. The van der Waals surface area contributed by atoms with Gasteiger partial charge in [0.25, 0.3) is 5.91 Å². The summed E-state index contributed by atoms with van der Waals surface area (Å²) in [5, 5.41) is 7.06. The molecule has 5 heteroatoms. The molecule has 0 spiro atoms. The molecule has 1 aromatic rings. The van der Waals surface area contributed by atoms with Crippen molar-refractivity contribution in [3.05, 3.63) is 17.5 Å². The van der Waals surface area contributed by atoms with Crippen molar-refractivity contribution in [2.24, 2.45) is 0 Å². The third-order valence-electron chi connectivity index (χ3n) is 3.25. The molecule has 0 aliphatic carbocycles. The van der Waals surface area contributed by atoms with E-state index in [-0.39, 0.29) is 5.91 Å². The van der Waals surface area contributed by atoms with Crippen molar-refractivity contribution in [2.75, 3.05) is 19.6 Å². The number of nitrogens with one attached hydrogen (secondary N) is 1. The molecule has 17 heavy (non-hydrogen) atoms. The third kappa shape index (κ3) is 2.66. The van der Waals surface area contributed by atoms with E-state index in [0.29, 0.717) is 23.9 Å². The number of likely N-dealkylation sites (N-methyl/N-ethyl adjacent to an activating group) is 1. The molecule has 94 valence electrons. The summed E-state index contributed by atoms with van der Waals surface area (Å²) in [6.07, 6.45) is 3.84. The molecule has 2 rings (SSSR count). The summed E-state index contributed by atoms with van der Waals surface area (Å²) in [7, 11) is 0. The summed E-state index contributed by atoms with van der Waals surface area (Å²) < 4.78 is 4.94. The van der Waals surface area contributed by atoms with Crippen molar-refractivity contribution in [2.45, 2.75) is 32.7 Å². The van der Waals surface area contributed by atoms with Gasteiger partial charge in [-0.05, 0) is 33.2 Å². The van der Waals surface area contributed by atoms with Crippen LogP contribution in [0.5, 0.6) is 0 Å². The molecule has 1 aromatic heterocycles. The maximum absolute atomic E-state index is 12.2. The first-order valence-corrected chi connectivity index (χ1v) is 6.16. The van der Waals surface area contributed by atoms with Gasteiger partial charge >= 0.3 is 0 Å². The number of aryl methyl sites for hydroxylation is 1. The lowest BCUT2D eigenvalue weighted by Gasteiger charge is -2.24. The second kappa shape index (κ2) is 5.31. The molecule has 1 N–H and O–H groups in total. The van der Waals surface area contributed by atoms with E-state index < -0.39 is 0 Å². The van der Waals surface area contributed by atoms with Gasteiger partial charge in [0.1, 0.15) is 11.3 Å². The van der Waals surface area contributed by atoms with E-state index in [2.05, 4.69) is 10.5 Å². The van der Waals surface area contributed by atoms with Crippen molar-refractivity contribution >= 4 is 5.91 Å². The molecule has 1 fully saturated rings. The minimum Gasteiger partial charge on any atom is -0.361 e. The fourth-order valence-corrected chi connectivity index (χ4v) is 2.21. The van der Waals surface area contributed by atoms with Crippen LogP contribution in [-0.4, -0.2) is 41.6 Å². The highest BCUT2D eigenvalue weighted by molar-refractivity contribution is 5.94. The Kier molecular flexibility index (Phi) is 3.78. The third-order valence-corrected chi connectivity index (χ3v) is 3.25. The standard InChI is InChI=1S/C12H19N3O2/c1-3-15(8-10-5-4-6-13-10)12(16)11-7-14-17-9(11)2/h7,10,13H,3-6,8H2,1-2H3. The van der Waals surface area contributed by atoms with Gasteiger partial charge < -0.3 is 14.7 Å². The van der Waals surface area contributed by atoms with E-state index in [1.807, 2.05) is 11.8 Å². The molecule has 5 nitrogen and oxygen atoms in total. The zero-order valence-electron chi connectivity index (χ0n) is 10.4. The molecule has 1 aliphatic rings. The van der Waals surface area contributed by atoms with Crippen LogP contribution in [0.1, 0.15) is 35.9 Å². The van der Waals surface area contributed by atoms with Crippen LogP contribution in [0, 0.1) is 6.92 Å². The Morgan fingerprint density at radius 1 is 1.71 bits per heavy atom. The van der Waals surface area contributed by atoms with E-state index in [0.717, 1.165) is 19.5 Å². The molecule has 2 heterocycles. The van der Waals surface area contributed by atoms with Gasteiger partial charge in [-0.1, -0.05) is 5.16 Å². The number of carbonyl (C=O) groups excluding carboxylic acids is 1. The lowest BCUT2D eigenvalue weighted by Crippen LogP contribution is -2.41. The van der Waals surface area contributed by atoms with Gasteiger partial charge in [-0.15, -0.1) is 0 Å². The predicted molar refractivity (Wildman–Crippen MR) is 63.8 cm³/mol. The van der Waals surface area contributed by atoms with Crippen LogP contribution < -0.4 is 5.32 Å². The van der Waals surface area contributed by atoms with Gasteiger partial charge in [0, 0.05) is 19.1 Å². The summed E-state index contributed by atoms with van der Waals surface area (Å²) >= 11 is 0. The molecule has 1 amide bonds. The number of hydrogen-bond acceptors (Lipinski definition) is 4. The first-order chi connectivity index (χ1) is 8.22. The monoisotopic (exact) mass is 237 g/mol. The molecule has 1 aliphatic heterocycles. The molecule has 0 aromatic carbocycles. The van der Waals surface area contributed by atoms with Crippen LogP contribution in [-0.2, 0) is 0 Å². The highest BCUT2D eigenvalue weighted by Crippen LogP contribution is 2.12. The largest absolute Gasteiger partial charge is 0.361 e. The first kappa shape index (κ1) is 12.1. The number of amides is 1. The van der Waals surface area contributed by atoms with E-state index in [1.165, 1.54) is 12.6 Å². The Morgan fingerprint density at radius 2 is 2.53 bits per heavy atom. The number of aromatic nitrogens is 1. The maximum atomic E-state index is 12.2. The van der Waals surface area contributed by atoms with Crippen LogP contribution >= 0.6 is 0 Å². The fourth-order valence-electron chi connectivity index (χ4n) is 2.21.